The molecule has 0 amide bonds. The number of hydrogen-bond donors (Lipinski definition) is 1. The zero-order valence-corrected chi connectivity index (χ0v) is 17.0. The van der Waals surface area contributed by atoms with E-state index in [-0.39, 0.29) is 6.04 Å². The summed E-state index contributed by atoms with van der Waals surface area (Å²) >= 11 is 0. The van der Waals surface area contributed by atoms with Gasteiger partial charge in [0.15, 0.2) is 0 Å². The van der Waals surface area contributed by atoms with Crippen molar-refractivity contribution in [2.75, 3.05) is 30.8 Å². The van der Waals surface area contributed by atoms with E-state index >= 15 is 0 Å². The predicted molar refractivity (Wildman–Crippen MR) is 114 cm³/mol. The molecule has 2 N–H and O–H groups in total. The lowest BCUT2D eigenvalue weighted by Gasteiger charge is -2.42. The third kappa shape index (κ3) is 4.96. The number of likely N-dealkylation sites (tertiary alicyclic amines) is 1. The standard InChI is InChI=1S/C22H33N5O/c1-28-22(25-17-23)27(21-12-8-7-11-20(21)24)19-13-15-26(16-14-19)18-9-5-3-2-4-6-10-18/h7-8,11-12,18-19H,2-6,9-10,13-16,24H2,1H3. The Morgan fingerprint density at radius 2 is 1.75 bits per heavy atom. The number of nitrogen functional groups attached to an aromatic ring is 1. The number of rotatable bonds is 3. The maximum absolute atomic E-state index is 9.11. The summed E-state index contributed by atoms with van der Waals surface area (Å²) in [5.41, 5.74) is 7.78. The second kappa shape index (κ2) is 10.3. The van der Waals surface area contributed by atoms with Crippen LogP contribution in [0.25, 0.3) is 0 Å². The topological polar surface area (TPSA) is 77.9 Å². The number of hydrogen-bond acceptors (Lipinski definition) is 5. The second-order valence-electron chi connectivity index (χ2n) is 7.89. The molecular formula is C22H33N5O. The number of nitriles is 1. The lowest BCUT2D eigenvalue weighted by atomic mass is 9.93. The minimum atomic E-state index is 0.224. The first-order valence-corrected chi connectivity index (χ1v) is 10.6. The third-order valence-electron chi connectivity index (χ3n) is 6.19. The van der Waals surface area contributed by atoms with E-state index in [0.29, 0.717) is 11.7 Å². The Balaban J connectivity index is 1.73. The van der Waals surface area contributed by atoms with Crippen LogP contribution in [0.2, 0.25) is 0 Å². The van der Waals surface area contributed by atoms with E-state index in [1.54, 1.807) is 7.11 Å². The van der Waals surface area contributed by atoms with Crippen LogP contribution in [0.5, 0.6) is 0 Å². The summed E-state index contributed by atoms with van der Waals surface area (Å²) in [4.78, 5) is 8.63. The average molecular weight is 384 g/mol. The summed E-state index contributed by atoms with van der Waals surface area (Å²) in [5.74, 6) is 0. The maximum atomic E-state index is 9.11. The fraction of sp³-hybridized carbons (Fsp3) is 0.636. The van der Waals surface area contributed by atoms with Crippen molar-refractivity contribution in [1.29, 1.82) is 5.26 Å². The van der Waals surface area contributed by atoms with Crippen LogP contribution >= 0.6 is 0 Å². The largest absolute Gasteiger partial charge is 0.467 e. The van der Waals surface area contributed by atoms with Crippen LogP contribution in [0.4, 0.5) is 11.4 Å². The zero-order chi connectivity index (χ0) is 19.8. The highest BCUT2D eigenvalue weighted by Crippen LogP contribution is 2.31. The summed E-state index contributed by atoms with van der Waals surface area (Å²) in [7, 11) is 1.56. The molecule has 1 heterocycles. The van der Waals surface area contributed by atoms with Crippen LogP contribution in [0, 0.1) is 11.5 Å². The molecule has 1 aliphatic heterocycles. The van der Waals surface area contributed by atoms with Gasteiger partial charge in [-0.1, -0.05) is 44.2 Å². The smallest absolute Gasteiger partial charge is 0.307 e. The van der Waals surface area contributed by atoms with Crippen molar-refractivity contribution in [1.82, 2.24) is 4.90 Å². The van der Waals surface area contributed by atoms with Gasteiger partial charge in [-0.05, 0) is 37.8 Å². The lowest BCUT2D eigenvalue weighted by Crippen LogP contribution is -2.50. The lowest BCUT2D eigenvalue weighted by molar-refractivity contribution is 0.130. The van der Waals surface area contributed by atoms with Gasteiger partial charge in [-0.25, -0.2) is 0 Å². The van der Waals surface area contributed by atoms with E-state index < -0.39 is 0 Å². The first-order chi connectivity index (χ1) is 13.7. The molecule has 152 valence electrons. The molecule has 3 rings (SSSR count). The van der Waals surface area contributed by atoms with E-state index in [2.05, 4.69) is 9.89 Å². The molecule has 2 fully saturated rings. The van der Waals surface area contributed by atoms with Crippen molar-refractivity contribution in [3.63, 3.8) is 0 Å². The monoisotopic (exact) mass is 383 g/mol. The van der Waals surface area contributed by atoms with Crippen LogP contribution in [0.1, 0.15) is 57.8 Å². The summed E-state index contributed by atoms with van der Waals surface area (Å²) in [5, 5.41) is 9.11. The van der Waals surface area contributed by atoms with E-state index in [1.165, 1.54) is 44.9 Å². The molecule has 1 aromatic carbocycles. The van der Waals surface area contributed by atoms with E-state index in [4.69, 9.17) is 15.7 Å². The van der Waals surface area contributed by atoms with Crippen LogP contribution in [-0.4, -0.2) is 43.2 Å². The van der Waals surface area contributed by atoms with Gasteiger partial charge in [0.1, 0.15) is 0 Å². The van der Waals surface area contributed by atoms with Crippen molar-refractivity contribution in [3.05, 3.63) is 24.3 Å². The van der Waals surface area contributed by atoms with Crippen molar-refractivity contribution < 1.29 is 4.74 Å². The summed E-state index contributed by atoms with van der Waals surface area (Å²) in [6, 6.07) is 9.01. The maximum Gasteiger partial charge on any atom is 0.307 e. The van der Waals surface area contributed by atoms with Crippen LogP contribution in [0.15, 0.2) is 29.3 Å². The molecule has 0 aromatic heterocycles. The number of nitrogens with two attached hydrogens (primary N) is 1. The SMILES string of the molecule is COC(=NC#N)N(c1ccccc1N)C1CCN(C2CCCCCCC2)CC1. The van der Waals surface area contributed by atoms with E-state index in [1.807, 2.05) is 35.4 Å². The number of nitrogens with zero attached hydrogens (tertiary/aromatic N) is 4. The molecule has 1 saturated heterocycles. The number of anilines is 2. The van der Waals surface area contributed by atoms with Gasteiger partial charge in [-0.15, -0.1) is 4.99 Å². The Morgan fingerprint density at radius 1 is 1.11 bits per heavy atom. The van der Waals surface area contributed by atoms with Crippen molar-refractivity contribution >= 4 is 17.4 Å². The number of para-hydroxylation sites is 2. The first-order valence-electron chi connectivity index (χ1n) is 10.6. The predicted octanol–water partition coefficient (Wildman–Crippen LogP) is 4.14. The zero-order valence-electron chi connectivity index (χ0n) is 17.0. The quantitative estimate of drug-likeness (QED) is 0.367. The molecule has 1 saturated carbocycles. The van der Waals surface area contributed by atoms with Gasteiger partial charge in [0.2, 0.25) is 6.19 Å². The molecule has 2 aliphatic rings. The summed E-state index contributed by atoms with van der Waals surface area (Å²) < 4.78 is 5.47. The average Bonchev–Trinajstić information content (AvgIpc) is 2.69. The van der Waals surface area contributed by atoms with E-state index in [9.17, 15) is 0 Å². The highest BCUT2D eigenvalue weighted by Gasteiger charge is 2.32. The minimum absolute atomic E-state index is 0.224. The Kier molecular flexibility index (Phi) is 7.55. The highest BCUT2D eigenvalue weighted by molar-refractivity contribution is 5.96. The Bertz CT molecular complexity index is 682. The van der Waals surface area contributed by atoms with Gasteiger partial charge in [0.25, 0.3) is 0 Å². The number of aliphatic imine (C=N–C) groups is 1. The molecule has 0 unspecified atom stereocenters. The Hall–Kier alpha value is -2.26. The Morgan fingerprint density at radius 3 is 2.36 bits per heavy atom. The van der Waals surface area contributed by atoms with Gasteiger partial charge in [0, 0.05) is 25.2 Å². The number of methoxy groups -OCH3 is 1. The molecule has 0 radical (unpaired) electrons. The molecule has 0 atom stereocenters. The van der Waals surface area contributed by atoms with Crippen molar-refractivity contribution in [2.45, 2.75) is 69.9 Å². The number of amidine groups is 1. The van der Waals surface area contributed by atoms with Gasteiger partial charge in [-0.2, -0.15) is 5.26 Å². The third-order valence-corrected chi connectivity index (χ3v) is 6.19. The van der Waals surface area contributed by atoms with Gasteiger partial charge < -0.3 is 15.4 Å². The van der Waals surface area contributed by atoms with E-state index in [0.717, 1.165) is 37.7 Å². The molecule has 28 heavy (non-hydrogen) atoms. The molecule has 6 heteroatoms. The summed E-state index contributed by atoms with van der Waals surface area (Å²) in [6.45, 7) is 2.14. The number of piperidine rings is 1. The van der Waals surface area contributed by atoms with Crippen molar-refractivity contribution in [3.8, 4) is 6.19 Å². The minimum Gasteiger partial charge on any atom is -0.467 e. The fourth-order valence-electron chi connectivity index (χ4n) is 4.71. The number of ether oxygens (including phenoxy) is 1. The normalized spacial score (nSPS) is 20.8. The second-order valence-corrected chi connectivity index (χ2v) is 7.89. The molecule has 1 aromatic rings. The molecule has 0 bridgehead atoms. The van der Waals surface area contributed by atoms with Crippen molar-refractivity contribution in [2.24, 2.45) is 4.99 Å². The molecular weight excluding hydrogens is 350 g/mol. The van der Waals surface area contributed by atoms with Crippen LogP contribution in [0.3, 0.4) is 0 Å². The first kappa shape index (κ1) is 20.5. The fourth-order valence-corrected chi connectivity index (χ4v) is 4.71. The van der Waals surface area contributed by atoms with Crippen LogP contribution < -0.4 is 10.6 Å². The number of benzene rings is 1. The molecule has 0 spiro atoms. The molecule has 1 aliphatic carbocycles. The van der Waals surface area contributed by atoms with Crippen LogP contribution in [-0.2, 0) is 4.74 Å². The van der Waals surface area contributed by atoms with Gasteiger partial charge in [0.05, 0.1) is 18.5 Å². The van der Waals surface area contributed by atoms with Gasteiger partial charge >= 0.3 is 6.02 Å². The molecule has 6 nitrogen and oxygen atoms in total. The van der Waals surface area contributed by atoms with Gasteiger partial charge in [-0.3, -0.25) is 4.90 Å². The highest BCUT2D eigenvalue weighted by atomic mass is 16.5. The summed E-state index contributed by atoms with van der Waals surface area (Å²) in [6.07, 6.45) is 13.5. The Labute approximate surface area is 169 Å².